The molecule has 1 aliphatic rings. The molecule has 5 heteroatoms. The van der Waals surface area contributed by atoms with Crippen LogP contribution in [0.5, 0.6) is 5.75 Å². The van der Waals surface area contributed by atoms with E-state index in [0.717, 1.165) is 25.7 Å². The third-order valence-electron chi connectivity index (χ3n) is 3.50. The summed E-state index contributed by atoms with van der Waals surface area (Å²) in [7, 11) is 0. The van der Waals surface area contributed by atoms with Crippen LogP contribution >= 0.6 is 0 Å². The summed E-state index contributed by atoms with van der Waals surface area (Å²) in [5.74, 6) is -0.426. The van der Waals surface area contributed by atoms with Crippen molar-refractivity contribution in [1.29, 1.82) is 0 Å². The molecule has 0 radical (unpaired) electrons. The maximum Gasteiger partial charge on any atom is 0.260 e. The van der Waals surface area contributed by atoms with Crippen LogP contribution in [0.15, 0.2) is 18.2 Å². The third kappa shape index (κ3) is 3.93. The van der Waals surface area contributed by atoms with E-state index in [2.05, 4.69) is 5.32 Å². The van der Waals surface area contributed by atoms with Gasteiger partial charge in [-0.25, -0.2) is 4.39 Å². The van der Waals surface area contributed by atoms with Crippen LogP contribution in [0.1, 0.15) is 38.2 Å². The van der Waals surface area contributed by atoms with Gasteiger partial charge in [-0.1, -0.05) is 12.8 Å². The van der Waals surface area contributed by atoms with Crippen molar-refractivity contribution < 1.29 is 19.0 Å². The molecule has 2 rings (SSSR count). The first kappa shape index (κ1) is 14.8. The number of ether oxygens (including phenoxy) is 1. The normalized spacial score (nSPS) is 16.9. The molecule has 0 saturated heterocycles. The lowest BCUT2D eigenvalue weighted by molar-refractivity contribution is -0.127. The average Bonchev–Trinajstić information content (AvgIpc) is 2.90. The highest BCUT2D eigenvalue weighted by Crippen LogP contribution is 2.20. The fourth-order valence-electron chi connectivity index (χ4n) is 2.43. The first-order valence-electron chi connectivity index (χ1n) is 6.96. The van der Waals surface area contributed by atoms with Gasteiger partial charge in [0.1, 0.15) is 11.6 Å². The maximum atomic E-state index is 13.3. The Bertz CT molecular complexity index is 472. The van der Waals surface area contributed by atoms with Crippen LogP contribution in [-0.4, -0.2) is 23.2 Å². The smallest absolute Gasteiger partial charge is 0.260 e. The van der Waals surface area contributed by atoms with E-state index in [4.69, 9.17) is 9.84 Å². The first-order valence-corrected chi connectivity index (χ1v) is 6.96. The molecule has 1 atom stereocenters. The van der Waals surface area contributed by atoms with Gasteiger partial charge >= 0.3 is 0 Å². The Kier molecular flexibility index (Phi) is 4.95. The van der Waals surface area contributed by atoms with Gasteiger partial charge in [0.05, 0.1) is 6.61 Å². The highest BCUT2D eigenvalue weighted by atomic mass is 19.1. The van der Waals surface area contributed by atoms with E-state index in [1.54, 1.807) is 6.92 Å². The Morgan fingerprint density at radius 2 is 2.15 bits per heavy atom. The standard InChI is InChI=1S/C15H20FNO3/c1-10(15(19)17-13-4-2-3-5-13)20-14-7-11(9-18)6-12(16)8-14/h6-8,10,13,18H,2-5,9H2,1H3,(H,17,19). The van der Waals surface area contributed by atoms with Crippen molar-refractivity contribution in [2.45, 2.75) is 51.4 Å². The van der Waals surface area contributed by atoms with E-state index in [1.165, 1.54) is 18.2 Å². The second-order valence-corrected chi connectivity index (χ2v) is 5.20. The Morgan fingerprint density at radius 3 is 2.80 bits per heavy atom. The van der Waals surface area contributed by atoms with Gasteiger partial charge in [-0.15, -0.1) is 0 Å². The molecule has 0 aromatic heterocycles. The van der Waals surface area contributed by atoms with Crippen LogP contribution in [0.4, 0.5) is 4.39 Å². The average molecular weight is 281 g/mol. The number of amides is 1. The quantitative estimate of drug-likeness (QED) is 0.869. The number of aliphatic hydroxyl groups is 1. The summed E-state index contributed by atoms with van der Waals surface area (Å²) in [6.07, 6.45) is 3.61. The minimum absolute atomic E-state index is 0.188. The lowest BCUT2D eigenvalue weighted by atomic mass is 10.2. The van der Waals surface area contributed by atoms with Gasteiger partial charge in [-0.05, 0) is 37.5 Å². The molecule has 1 aromatic rings. The highest BCUT2D eigenvalue weighted by Gasteiger charge is 2.21. The lowest BCUT2D eigenvalue weighted by Crippen LogP contribution is -2.41. The van der Waals surface area contributed by atoms with Crippen LogP contribution in [0.2, 0.25) is 0 Å². The van der Waals surface area contributed by atoms with E-state index in [-0.39, 0.29) is 24.3 Å². The van der Waals surface area contributed by atoms with Crippen molar-refractivity contribution in [2.24, 2.45) is 0 Å². The Balaban J connectivity index is 1.94. The monoisotopic (exact) mass is 281 g/mol. The summed E-state index contributed by atoms with van der Waals surface area (Å²) in [6, 6.07) is 4.20. The molecule has 0 aliphatic heterocycles. The second-order valence-electron chi connectivity index (χ2n) is 5.20. The van der Waals surface area contributed by atoms with Gasteiger partial charge in [0.15, 0.2) is 6.10 Å². The summed E-state index contributed by atoms with van der Waals surface area (Å²) < 4.78 is 18.7. The molecule has 4 nitrogen and oxygen atoms in total. The summed E-state index contributed by atoms with van der Waals surface area (Å²) in [6.45, 7) is 1.37. The molecular weight excluding hydrogens is 261 g/mol. The molecule has 20 heavy (non-hydrogen) atoms. The van der Waals surface area contributed by atoms with E-state index in [1.807, 2.05) is 0 Å². The summed E-state index contributed by atoms with van der Waals surface area (Å²) in [4.78, 5) is 12.0. The first-order chi connectivity index (χ1) is 9.58. The Hall–Kier alpha value is -1.62. The topological polar surface area (TPSA) is 58.6 Å². The van der Waals surface area contributed by atoms with Crippen molar-refractivity contribution in [3.05, 3.63) is 29.6 Å². The van der Waals surface area contributed by atoms with Gasteiger partial charge in [-0.3, -0.25) is 4.79 Å². The zero-order chi connectivity index (χ0) is 14.5. The van der Waals surface area contributed by atoms with E-state index in [0.29, 0.717) is 5.56 Å². The number of rotatable bonds is 5. The zero-order valence-electron chi connectivity index (χ0n) is 11.6. The van der Waals surface area contributed by atoms with Gasteiger partial charge in [0.2, 0.25) is 0 Å². The van der Waals surface area contributed by atoms with Gasteiger partial charge in [0, 0.05) is 12.1 Å². The second kappa shape index (κ2) is 6.70. The van der Waals surface area contributed by atoms with Crippen molar-refractivity contribution in [3.8, 4) is 5.75 Å². The van der Waals surface area contributed by atoms with Gasteiger partial charge in [0.25, 0.3) is 5.91 Å². The van der Waals surface area contributed by atoms with E-state index >= 15 is 0 Å². The molecule has 1 unspecified atom stereocenters. The predicted molar refractivity (Wildman–Crippen MR) is 72.8 cm³/mol. The van der Waals surface area contributed by atoms with Crippen LogP contribution in [0.25, 0.3) is 0 Å². The predicted octanol–water partition coefficient (Wildman–Crippen LogP) is 2.14. The molecule has 1 fully saturated rings. The molecule has 110 valence electrons. The molecule has 2 N–H and O–H groups in total. The largest absolute Gasteiger partial charge is 0.481 e. The fourth-order valence-corrected chi connectivity index (χ4v) is 2.43. The van der Waals surface area contributed by atoms with Gasteiger partial charge < -0.3 is 15.2 Å². The highest BCUT2D eigenvalue weighted by molar-refractivity contribution is 5.81. The number of benzene rings is 1. The maximum absolute atomic E-state index is 13.3. The third-order valence-corrected chi connectivity index (χ3v) is 3.50. The summed E-state index contributed by atoms with van der Waals surface area (Å²) in [5, 5.41) is 12.0. The van der Waals surface area contributed by atoms with Crippen molar-refractivity contribution in [2.75, 3.05) is 0 Å². The number of nitrogens with one attached hydrogen (secondary N) is 1. The SMILES string of the molecule is CC(Oc1cc(F)cc(CO)c1)C(=O)NC1CCCC1. The lowest BCUT2D eigenvalue weighted by Gasteiger charge is -2.18. The number of hydrogen-bond acceptors (Lipinski definition) is 3. The molecule has 1 saturated carbocycles. The summed E-state index contributed by atoms with van der Waals surface area (Å²) in [5.41, 5.74) is 0.420. The van der Waals surface area contributed by atoms with E-state index < -0.39 is 11.9 Å². The number of carbonyl (C=O) groups excluding carboxylic acids is 1. The van der Waals surface area contributed by atoms with Crippen molar-refractivity contribution in [1.82, 2.24) is 5.32 Å². The zero-order valence-corrected chi connectivity index (χ0v) is 11.6. The van der Waals surface area contributed by atoms with Crippen molar-refractivity contribution >= 4 is 5.91 Å². The van der Waals surface area contributed by atoms with E-state index in [9.17, 15) is 9.18 Å². The van der Waals surface area contributed by atoms with Crippen LogP contribution in [0.3, 0.4) is 0 Å². The van der Waals surface area contributed by atoms with Crippen molar-refractivity contribution in [3.63, 3.8) is 0 Å². The number of halogens is 1. The summed E-state index contributed by atoms with van der Waals surface area (Å²) >= 11 is 0. The Morgan fingerprint density at radius 1 is 1.45 bits per heavy atom. The molecule has 1 aliphatic carbocycles. The molecule has 1 aromatic carbocycles. The number of hydrogen-bond donors (Lipinski definition) is 2. The van der Waals surface area contributed by atoms with Crippen LogP contribution < -0.4 is 10.1 Å². The molecule has 1 amide bonds. The number of aliphatic hydroxyl groups excluding tert-OH is 1. The van der Waals surface area contributed by atoms with Crippen LogP contribution in [0, 0.1) is 5.82 Å². The van der Waals surface area contributed by atoms with Gasteiger partial charge in [-0.2, -0.15) is 0 Å². The molecule has 0 heterocycles. The fraction of sp³-hybridized carbons (Fsp3) is 0.533. The minimum Gasteiger partial charge on any atom is -0.481 e. The minimum atomic E-state index is -0.691. The van der Waals surface area contributed by atoms with Crippen LogP contribution in [-0.2, 0) is 11.4 Å². The number of carbonyl (C=O) groups is 1. The molecule has 0 spiro atoms. The Labute approximate surface area is 117 Å². The molecular formula is C15H20FNO3. The molecule has 0 bridgehead atoms.